The van der Waals surface area contributed by atoms with E-state index in [4.69, 9.17) is 21.3 Å². The van der Waals surface area contributed by atoms with Gasteiger partial charge in [-0.2, -0.15) is 5.26 Å². The highest BCUT2D eigenvalue weighted by Gasteiger charge is 2.49. The van der Waals surface area contributed by atoms with Crippen LogP contribution < -0.4 is 14.5 Å². The molecule has 3 saturated heterocycles. The van der Waals surface area contributed by atoms with Crippen LogP contribution in [0.5, 0.6) is 5.88 Å². The summed E-state index contributed by atoms with van der Waals surface area (Å²) in [7, 11) is 0. The lowest BCUT2D eigenvalue weighted by Crippen LogP contribution is -2.55. The summed E-state index contributed by atoms with van der Waals surface area (Å²) in [6, 6.07) is 15.7. The van der Waals surface area contributed by atoms with Gasteiger partial charge in [0.2, 0.25) is 5.88 Å². The number of alkyl halides is 1. The Morgan fingerprint density at radius 2 is 1.96 bits per heavy atom. The first kappa shape index (κ1) is 30.7. The maximum absolute atomic E-state index is 14.5. The number of hydrogen-bond donors (Lipinski definition) is 0. The average molecular weight is 647 g/mol. The van der Waals surface area contributed by atoms with Crippen molar-refractivity contribution in [2.45, 2.75) is 56.4 Å². The zero-order valence-corrected chi connectivity index (χ0v) is 26.5. The summed E-state index contributed by atoms with van der Waals surface area (Å²) in [5.41, 5.74) is 3.63. The Kier molecular flexibility index (Phi) is 8.24. The van der Waals surface area contributed by atoms with Crippen molar-refractivity contribution in [3.63, 3.8) is 0 Å². The van der Waals surface area contributed by atoms with E-state index >= 15 is 0 Å². The van der Waals surface area contributed by atoms with E-state index in [0.29, 0.717) is 56.5 Å². The van der Waals surface area contributed by atoms with Gasteiger partial charge in [0.1, 0.15) is 12.8 Å². The fourth-order valence-electron chi connectivity index (χ4n) is 8.03. The number of halogens is 3. The standard InChI is InChI=1S/C35H37ClF2N6O2/c1-23(37)34(45)44-16-15-42(20-26(44)9-12-39)31-17-32(46-22-35-11-4-13-43(35)19-25(38)18-35)40-29-21-41(14-10-27(29)31)30-8-3-6-24-5-2-7-28(36)33(24)30/h2-3,5-8,17,25-26H,1,4,9-11,13-16,18-22H2/t25-,26-,35+/m0/s1. The van der Waals surface area contributed by atoms with Crippen molar-refractivity contribution in [3.05, 3.63) is 71.2 Å². The molecule has 1 amide bonds. The largest absolute Gasteiger partial charge is 0.476 e. The van der Waals surface area contributed by atoms with Gasteiger partial charge >= 0.3 is 0 Å². The quantitative estimate of drug-likeness (QED) is 0.300. The molecule has 46 heavy (non-hydrogen) atoms. The number of ether oxygens (including phenoxy) is 1. The number of fused-ring (bicyclic) bond motifs is 3. The number of anilines is 2. The molecule has 3 fully saturated rings. The summed E-state index contributed by atoms with van der Waals surface area (Å²) in [5, 5.41) is 12.3. The predicted octanol–water partition coefficient (Wildman–Crippen LogP) is 5.82. The lowest BCUT2D eigenvalue weighted by atomic mass is 9.95. The molecule has 3 aromatic rings. The summed E-state index contributed by atoms with van der Waals surface area (Å²) >= 11 is 6.70. The van der Waals surface area contributed by atoms with E-state index in [-0.39, 0.29) is 18.5 Å². The lowest BCUT2D eigenvalue weighted by molar-refractivity contribution is -0.131. The minimum Gasteiger partial charge on any atom is -0.476 e. The van der Waals surface area contributed by atoms with Crippen LogP contribution >= 0.6 is 11.6 Å². The number of nitriles is 1. The third kappa shape index (κ3) is 5.54. The van der Waals surface area contributed by atoms with Crippen LogP contribution in [0.3, 0.4) is 0 Å². The smallest absolute Gasteiger partial charge is 0.282 e. The normalized spacial score (nSPS) is 24.5. The van der Waals surface area contributed by atoms with E-state index in [1.54, 1.807) is 0 Å². The highest BCUT2D eigenvalue weighted by atomic mass is 35.5. The number of hydrogen-bond acceptors (Lipinski definition) is 7. The molecule has 4 aliphatic rings. The van der Waals surface area contributed by atoms with Gasteiger partial charge in [0, 0.05) is 67.5 Å². The van der Waals surface area contributed by atoms with Crippen LogP contribution in [0.25, 0.3) is 10.8 Å². The number of pyridine rings is 1. The van der Waals surface area contributed by atoms with E-state index < -0.39 is 23.9 Å². The second-order valence-electron chi connectivity index (χ2n) is 12.9. The second-order valence-corrected chi connectivity index (χ2v) is 13.3. The van der Waals surface area contributed by atoms with Crippen LogP contribution in [0, 0.1) is 11.3 Å². The summed E-state index contributed by atoms with van der Waals surface area (Å²) in [6.07, 6.45) is 2.32. The zero-order valence-electron chi connectivity index (χ0n) is 25.7. The SMILES string of the molecule is C=C(F)C(=O)N1CCN(c2cc(OC[C@]34CCCN3C[C@@H](F)C4)nc3c2CCN(c2cccc4cccc(Cl)c24)C3)C[C@@H]1CC#N. The van der Waals surface area contributed by atoms with E-state index in [0.717, 1.165) is 59.3 Å². The van der Waals surface area contributed by atoms with Gasteiger partial charge in [-0.1, -0.05) is 42.4 Å². The van der Waals surface area contributed by atoms with Gasteiger partial charge in [-0.05, 0) is 43.3 Å². The van der Waals surface area contributed by atoms with Gasteiger partial charge in [-0.25, -0.2) is 13.8 Å². The van der Waals surface area contributed by atoms with Crippen molar-refractivity contribution >= 4 is 39.7 Å². The highest BCUT2D eigenvalue weighted by molar-refractivity contribution is 6.36. The fraction of sp³-hybridized carbons (Fsp3) is 0.457. The molecule has 0 unspecified atom stereocenters. The van der Waals surface area contributed by atoms with E-state index in [2.05, 4.69) is 45.5 Å². The number of aromatic nitrogens is 1. The topological polar surface area (TPSA) is 75.9 Å². The molecule has 3 atom stereocenters. The van der Waals surface area contributed by atoms with Crippen LogP contribution in [-0.2, 0) is 17.8 Å². The van der Waals surface area contributed by atoms with Gasteiger partial charge < -0.3 is 19.4 Å². The van der Waals surface area contributed by atoms with E-state index in [1.807, 2.05) is 24.3 Å². The molecule has 0 bridgehead atoms. The average Bonchev–Trinajstić information content (AvgIpc) is 3.58. The number of carbonyl (C=O) groups is 1. The van der Waals surface area contributed by atoms with Gasteiger partial charge in [-0.15, -0.1) is 0 Å². The minimum absolute atomic E-state index is 0.0739. The third-order valence-corrected chi connectivity index (χ3v) is 10.5. The highest BCUT2D eigenvalue weighted by Crippen LogP contribution is 2.42. The number of carbonyl (C=O) groups excluding carboxylic acids is 1. The van der Waals surface area contributed by atoms with Crippen molar-refractivity contribution in [2.75, 3.05) is 55.7 Å². The van der Waals surface area contributed by atoms with E-state index in [9.17, 15) is 18.8 Å². The molecule has 7 rings (SSSR count). The van der Waals surface area contributed by atoms with Gasteiger partial charge in [0.25, 0.3) is 5.91 Å². The molecular weight excluding hydrogens is 610 g/mol. The van der Waals surface area contributed by atoms with Crippen molar-refractivity contribution in [1.29, 1.82) is 5.26 Å². The molecule has 240 valence electrons. The van der Waals surface area contributed by atoms with Crippen LogP contribution in [0.4, 0.5) is 20.2 Å². The van der Waals surface area contributed by atoms with Crippen molar-refractivity contribution < 1.29 is 18.3 Å². The Bertz CT molecular complexity index is 1730. The number of rotatable bonds is 7. The molecule has 1 aromatic heterocycles. The molecule has 0 saturated carbocycles. The van der Waals surface area contributed by atoms with Crippen LogP contribution in [0.15, 0.2) is 54.9 Å². The Hall–Kier alpha value is -3.94. The zero-order chi connectivity index (χ0) is 32.0. The van der Waals surface area contributed by atoms with Crippen LogP contribution in [0.2, 0.25) is 5.02 Å². The Labute approximate surface area is 272 Å². The molecule has 0 spiro atoms. The van der Waals surface area contributed by atoms with Crippen molar-refractivity contribution in [2.24, 2.45) is 0 Å². The second kappa shape index (κ2) is 12.3. The Morgan fingerprint density at radius 3 is 2.76 bits per heavy atom. The maximum Gasteiger partial charge on any atom is 0.282 e. The van der Waals surface area contributed by atoms with Crippen LogP contribution in [0.1, 0.15) is 36.9 Å². The molecule has 4 aliphatic heterocycles. The predicted molar refractivity (Wildman–Crippen MR) is 175 cm³/mol. The lowest BCUT2D eigenvalue weighted by Gasteiger charge is -2.43. The van der Waals surface area contributed by atoms with Gasteiger partial charge in [-0.3, -0.25) is 9.69 Å². The Balaban J connectivity index is 1.23. The third-order valence-electron chi connectivity index (χ3n) is 10.2. The fourth-order valence-corrected chi connectivity index (χ4v) is 8.31. The molecule has 0 N–H and O–H groups in total. The number of benzene rings is 2. The van der Waals surface area contributed by atoms with E-state index in [1.165, 1.54) is 4.90 Å². The maximum atomic E-state index is 14.5. The minimum atomic E-state index is -1.02. The summed E-state index contributed by atoms with van der Waals surface area (Å²) in [5.74, 6) is -1.32. The number of piperazine rings is 1. The Morgan fingerprint density at radius 1 is 1.13 bits per heavy atom. The first-order valence-corrected chi connectivity index (χ1v) is 16.4. The van der Waals surface area contributed by atoms with Crippen molar-refractivity contribution in [3.8, 4) is 11.9 Å². The first-order valence-electron chi connectivity index (χ1n) is 16.0. The van der Waals surface area contributed by atoms with Gasteiger partial charge in [0.15, 0.2) is 5.83 Å². The summed E-state index contributed by atoms with van der Waals surface area (Å²) < 4.78 is 34.9. The molecule has 11 heteroatoms. The van der Waals surface area contributed by atoms with Crippen LogP contribution in [-0.4, -0.2) is 84.3 Å². The summed E-state index contributed by atoms with van der Waals surface area (Å²) in [6.45, 7) is 7.24. The number of nitrogens with zero attached hydrogens (tertiary/aromatic N) is 6. The number of amides is 1. The monoisotopic (exact) mass is 646 g/mol. The first-order chi connectivity index (χ1) is 22.3. The molecular formula is C35H37ClF2N6O2. The summed E-state index contributed by atoms with van der Waals surface area (Å²) in [4.78, 5) is 25.7. The van der Waals surface area contributed by atoms with Crippen molar-refractivity contribution in [1.82, 2.24) is 14.8 Å². The molecule has 8 nitrogen and oxygen atoms in total. The molecule has 0 radical (unpaired) electrons. The molecule has 0 aliphatic carbocycles. The molecule has 5 heterocycles. The molecule has 2 aromatic carbocycles. The van der Waals surface area contributed by atoms with Gasteiger partial charge in [0.05, 0.1) is 41.3 Å².